The smallest absolute Gasteiger partial charge is 0.312 e. The lowest BCUT2D eigenvalue weighted by Crippen LogP contribution is -2.61. The Bertz CT molecular complexity index is 1130. The molecule has 4 rings (SSSR count). The summed E-state index contributed by atoms with van der Waals surface area (Å²) < 4.78 is 12.0. The van der Waals surface area contributed by atoms with Gasteiger partial charge in [0.15, 0.2) is 0 Å². The highest BCUT2D eigenvalue weighted by atomic mass is 79.9. The van der Waals surface area contributed by atoms with Crippen molar-refractivity contribution in [3.8, 4) is 0 Å². The van der Waals surface area contributed by atoms with Gasteiger partial charge in [-0.3, -0.25) is 14.4 Å². The van der Waals surface area contributed by atoms with Crippen molar-refractivity contribution in [1.82, 2.24) is 9.80 Å². The van der Waals surface area contributed by atoms with Crippen LogP contribution < -0.4 is 0 Å². The molecule has 0 radical (unpaired) electrons. The van der Waals surface area contributed by atoms with Crippen LogP contribution in [0.15, 0.2) is 43.0 Å². The number of fused-ring (bicyclic) bond motifs is 1. The van der Waals surface area contributed by atoms with Crippen molar-refractivity contribution in [1.29, 1.82) is 0 Å². The van der Waals surface area contributed by atoms with Crippen LogP contribution in [0.3, 0.4) is 0 Å². The quantitative estimate of drug-likeness (QED) is 0.239. The van der Waals surface area contributed by atoms with Gasteiger partial charge in [0.1, 0.15) is 11.6 Å². The Morgan fingerprint density at radius 3 is 2.48 bits per heavy atom. The lowest BCUT2D eigenvalue weighted by molar-refractivity contribution is -0.157. The number of ether oxygens (including phenoxy) is 2. The van der Waals surface area contributed by atoms with Crippen LogP contribution in [-0.2, 0) is 23.9 Å². The van der Waals surface area contributed by atoms with Gasteiger partial charge in [-0.25, -0.2) is 0 Å². The first-order valence-corrected chi connectivity index (χ1v) is 15.0. The average molecular weight is 620 g/mol. The van der Waals surface area contributed by atoms with Crippen LogP contribution in [0, 0.1) is 17.3 Å². The molecular weight excluding hydrogens is 576 g/mol. The standard InChI is InChI=1S/C31H43BrN2O6/c1-8-15-33(30(6,7)18-29(3,4)5)27(37)25-31-16-20(32)24(40-31)22(28(38)39-9-2)23(31)26(36)34(25)21(17-35)19-13-11-10-12-14-19/h8,10-14,20-25,35H,1,9,15-18H2,2-7H3/t20?,21-,22+,23+,24+,25?,31?/m1/s1. The molecule has 0 saturated carbocycles. The molecule has 3 saturated heterocycles. The summed E-state index contributed by atoms with van der Waals surface area (Å²) >= 11 is 3.70. The van der Waals surface area contributed by atoms with Gasteiger partial charge in [-0.2, -0.15) is 0 Å². The molecule has 0 aromatic heterocycles. The monoisotopic (exact) mass is 618 g/mol. The van der Waals surface area contributed by atoms with E-state index in [9.17, 15) is 19.5 Å². The number of carbonyl (C=O) groups excluding carboxylic acids is 3. The van der Waals surface area contributed by atoms with E-state index in [1.807, 2.05) is 44.2 Å². The van der Waals surface area contributed by atoms with Crippen LogP contribution in [0.2, 0.25) is 0 Å². The van der Waals surface area contributed by atoms with E-state index >= 15 is 0 Å². The Kier molecular flexibility index (Phi) is 8.61. The molecule has 9 heteroatoms. The molecule has 1 aromatic rings. The molecule has 3 aliphatic heterocycles. The van der Waals surface area contributed by atoms with Crippen molar-refractivity contribution in [2.45, 2.75) is 88.5 Å². The largest absolute Gasteiger partial charge is 0.466 e. The van der Waals surface area contributed by atoms with Gasteiger partial charge in [0, 0.05) is 16.9 Å². The fraction of sp³-hybridized carbons (Fsp3) is 0.645. The second-order valence-electron chi connectivity index (χ2n) is 13.1. The lowest BCUT2D eigenvalue weighted by atomic mass is 9.70. The molecule has 3 fully saturated rings. The number of amides is 2. The van der Waals surface area contributed by atoms with Crippen molar-refractivity contribution in [2.24, 2.45) is 17.3 Å². The van der Waals surface area contributed by atoms with Crippen LogP contribution in [0.1, 0.15) is 66.0 Å². The molecule has 40 heavy (non-hydrogen) atoms. The summed E-state index contributed by atoms with van der Waals surface area (Å²) in [4.78, 5) is 45.7. The molecule has 1 N–H and O–H groups in total. The number of hydrogen-bond acceptors (Lipinski definition) is 6. The van der Waals surface area contributed by atoms with Crippen LogP contribution in [0.4, 0.5) is 0 Å². The second-order valence-corrected chi connectivity index (χ2v) is 14.2. The summed E-state index contributed by atoms with van der Waals surface area (Å²) in [6, 6.07) is 7.36. The molecule has 2 bridgehead atoms. The Labute approximate surface area is 246 Å². The topological polar surface area (TPSA) is 96.4 Å². The minimum Gasteiger partial charge on any atom is -0.466 e. The minimum atomic E-state index is -1.25. The maximum Gasteiger partial charge on any atom is 0.312 e. The first kappa shape index (κ1) is 30.7. The Morgan fingerprint density at radius 1 is 1.27 bits per heavy atom. The zero-order valence-electron chi connectivity index (χ0n) is 24.4. The number of rotatable bonds is 10. The SMILES string of the molecule is C=CCN(C(=O)C1N([C@H](CO)c2ccccc2)C(=O)[C@@H]2[C@H](C(=O)OCC)[C@H]3OC12CC3Br)C(C)(C)CC(C)(C)C. The van der Waals surface area contributed by atoms with E-state index in [1.165, 1.54) is 4.90 Å². The van der Waals surface area contributed by atoms with Gasteiger partial charge in [0.05, 0.1) is 37.2 Å². The Morgan fingerprint density at radius 2 is 1.93 bits per heavy atom. The molecule has 3 unspecified atom stereocenters. The Balaban J connectivity index is 1.89. The fourth-order valence-electron chi connectivity index (χ4n) is 7.53. The molecule has 3 heterocycles. The molecule has 0 aliphatic carbocycles. The van der Waals surface area contributed by atoms with E-state index < -0.39 is 47.1 Å². The molecular formula is C31H43BrN2O6. The number of aliphatic hydroxyl groups excluding tert-OH is 1. The van der Waals surface area contributed by atoms with Gasteiger partial charge in [-0.1, -0.05) is 73.1 Å². The maximum absolute atomic E-state index is 14.9. The van der Waals surface area contributed by atoms with Crippen LogP contribution >= 0.6 is 15.9 Å². The highest BCUT2D eigenvalue weighted by Gasteiger charge is 2.77. The number of nitrogens with zero attached hydrogens (tertiary/aromatic N) is 2. The van der Waals surface area contributed by atoms with Crippen molar-refractivity contribution in [3.63, 3.8) is 0 Å². The maximum atomic E-state index is 14.9. The number of hydrogen-bond donors (Lipinski definition) is 1. The summed E-state index contributed by atoms with van der Waals surface area (Å²) in [5.41, 5.74) is -1.21. The van der Waals surface area contributed by atoms with E-state index in [0.29, 0.717) is 18.4 Å². The van der Waals surface area contributed by atoms with E-state index in [1.54, 1.807) is 17.9 Å². The summed E-state index contributed by atoms with van der Waals surface area (Å²) in [5.74, 6) is -2.89. The number of halogens is 1. The summed E-state index contributed by atoms with van der Waals surface area (Å²) in [6.45, 7) is 16.1. The minimum absolute atomic E-state index is 0.0782. The van der Waals surface area contributed by atoms with Crippen LogP contribution in [0.25, 0.3) is 0 Å². The second kappa shape index (κ2) is 11.2. The number of esters is 1. The van der Waals surface area contributed by atoms with Gasteiger partial charge >= 0.3 is 5.97 Å². The van der Waals surface area contributed by atoms with Crippen molar-refractivity contribution >= 4 is 33.7 Å². The lowest BCUT2D eigenvalue weighted by Gasteiger charge is -2.46. The van der Waals surface area contributed by atoms with Crippen LogP contribution in [-0.4, -0.2) is 80.6 Å². The number of carbonyl (C=O) groups is 3. The zero-order chi connectivity index (χ0) is 29.6. The predicted octanol–water partition coefficient (Wildman–Crippen LogP) is 4.26. The highest BCUT2D eigenvalue weighted by molar-refractivity contribution is 9.09. The number of likely N-dealkylation sites (tertiary alicyclic amines) is 1. The van der Waals surface area contributed by atoms with Crippen molar-refractivity contribution in [3.05, 3.63) is 48.6 Å². The molecule has 1 aromatic carbocycles. The number of benzene rings is 1. The normalized spacial score (nSPS) is 30.2. The van der Waals surface area contributed by atoms with Crippen LogP contribution in [0.5, 0.6) is 0 Å². The van der Waals surface area contributed by atoms with Gasteiger partial charge in [0.25, 0.3) is 0 Å². The first-order valence-electron chi connectivity index (χ1n) is 14.1. The molecule has 2 amide bonds. The third-order valence-corrected chi connectivity index (χ3v) is 9.33. The van der Waals surface area contributed by atoms with E-state index in [2.05, 4.69) is 43.3 Å². The third kappa shape index (κ3) is 5.13. The van der Waals surface area contributed by atoms with Gasteiger partial charge in [-0.05, 0) is 44.6 Å². The van der Waals surface area contributed by atoms with E-state index in [-0.39, 0.29) is 41.8 Å². The van der Waals surface area contributed by atoms with E-state index in [4.69, 9.17) is 9.47 Å². The number of aliphatic hydroxyl groups is 1. The summed E-state index contributed by atoms with van der Waals surface area (Å²) in [5, 5.41) is 10.7. The predicted molar refractivity (Wildman–Crippen MR) is 156 cm³/mol. The molecule has 7 atom stereocenters. The molecule has 8 nitrogen and oxygen atoms in total. The molecule has 1 spiro atoms. The molecule has 220 valence electrons. The fourth-order valence-corrected chi connectivity index (χ4v) is 8.47. The Hall–Kier alpha value is -2.23. The van der Waals surface area contributed by atoms with Crippen molar-refractivity contribution < 1.29 is 29.0 Å². The van der Waals surface area contributed by atoms with Gasteiger partial charge in [-0.15, -0.1) is 6.58 Å². The van der Waals surface area contributed by atoms with E-state index in [0.717, 1.165) is 0 Å². The first-order chi connectivity index (χ1) is 18.7. The highest BCUT2D eigenvalue weighted by Crippen LogP contribution is 2.61. The van der Waals surface area contributed by atoms with Gasteiger partial charge < -0.3 is 24.4 Å². The van der Waals surface area contributed by atoms with Gasteiger partial charge in [0.2, 0.25) is 11.8 Å². The van der Waals surface area contributed by atoms with Crippen molar-refractivity contribution in [2.75, 3.05) is 19.8 Å². The average Bonchev–Trinajstić information content (AvgIpc) is 3.46. The molecule has 3 aliphatic rings. The zero-order valence-corrected chi connectivity index (χ0v) is 26.0. The summed E-state index contributed by atoms with van der Waals surface area (Å²) in [6.07, 6.45) is 2.19. The number of alkyl halides is 1. The summed E-state index contributed by atoms with van der Waals surface area (Å²) in [7, 11) is 0. The third-order valence-electron chi connectivity index (χ3n) is 8.48.